The molecule has 0 bridgehead atoms. The Labute approximate surface area is 124 Å². The number of hydrogen-bond acceptors (Lipinski definition) is 2. The summed E-state index contributed by atoms with van der Waals surface area (Å²) in [5, 5.41) is 3.54. The van der Waals surface area contributed by atoms with Gasteiger partial charge >= 0.3 is 0 Å². The minimum Gasteiger partial charge on any atom is -0.316 e. The molecule has 20 heavy (non-hydrogen) atoms. The second-order valence-corrected chi connectivity index (χ2v) is 6.29. The topological polar surface area (TPSA) is 15.3 Å². The van der Waals surface area contributed by atoms with Gasteiger partial charge in [-0.1, -0.05) is 36.8 Å². The fourth-order valence-electron chi connectivity index (χ4n) is 3.20. The van der Waals surface area contributed by atoms with Crippen LogP contribution >= 0.6 is 0 Å². The van der Waals surface area contributed by atoms with Crippen molar-refractivity contribution in [2.45, 2.75) is 46.1 Å². The van der Waals surface area contributed by atoms with Crippen LogP contribution in [-0.4, -0.2) is 31.1 Å². The molecule has 0 aromatic heterocycles. The fraction of sp³-hybridized carbons (Fsp3) is 0.667. The van der Waals surface area contributed by atoms with Crippen molar-refractivity contribution in [3.63, 3.8) is 0 Å². The first-order valence-electron chi connectivity index (χ1n) is 8.22. The summed E-state index contributed by atoms with van der Waals surface area (Å²) < 4.78 is 0. The second kappa shape index (κ2) is 7.80. The predicted octanol–water partition coefficient (Wildman–Crippen LogP) is 3.77. The molecule has 1 aromatic rings. The quantitative estimate of drug-likeness (QED) is 0.849. The normalized spacial score (nSPS) is 21.1. The third kappa shape index (κ3) is 4.32. The van der Waals surface area contributed by atoms with Crippen molar-refractivity contribution in [3.8, 4) is 0 Å². The van der Waals surface area contributed by atoms with Crippen molar-refractivity contribution in [3.05, 3.63) is 35.4 Å². The van der Waals surface area contributed by atoms with Gasteiger partial charge < -0.3 is 5.32 Å². The molecule has 2 rings (SSSR count). The lowest BCUT2D eigenvalue weighted by Gasteiger charge is -2.34. The summed E-state index contributed by atoms with van der Waals surface area (Å²) in [7, 11) is 0. The molecule has 2 unspecified atom stereocenters. The van der Waals surface area contributed by atoms with Gasteiger partial charge in [-0.05, 0) is 64.2 Å². The maximum Gasteiger partial charge on any atom is 0.0320 e. The number of hydrogen-bond donors (Lipinski definition) is 1. The van der Waals surface area contributed by atoms with Gasteiger partial charge in [0.25, 0.3) is 0 Å². The highest BCUT2D eigenvalue weighted by Crippen LogP contribution is 2.23. The standard InChI is InChI=1S/C18H30N2/c1-4-12-20(14-17-6-5-11-19-13-17)16(3)18-9-7-15(2)8-10-18/h7-10,16-17,19H,4-6,11-14H2,1-3H3. The Morgan fingerprint density at radius 2 is 2.05 bits per heavy atom. The van der Waals surface area contributed by atoms with Crippen LogP contribution in [0.3, 0.4) is 0 Å². The maximum atomic E-state index is 3.54. The lowest BCUT2D eigenvalue weighted by atomic mass is 9.97. The Hall–Kier alpha value is -0.860. The van der Waals surface area contributed by atoms with Gasteiger partial charge in [-0.3, -0.25) is 4.90 Å². The lowest BCUT2D eigenvalue weighted by Crippen LogP contribution is -2.39. The van der Waals surface area contributed by atoms with E-state index in [2.05, 4.69) is 55.3 Å². The van der Waals surface area contributed by atoms with E-state index < -0.39 is 0 Å². The van der Waals surface area contributed by atoms with E-state index in [1.165, 1.54) is 56.6 Å². The number of aryl methyl sites for hydroxylation is 1. The van der Waals surface area contributed by atoms with Gasteiger partial charge in [-0.2, -0.15) is 0 Å². The zero-order valence-electron chi connectivity index (χ0n) is 13.4. The molecule has 1 heterocycles. The molecule has 2 atom stereocenters. The highest BCUT2D eigenvalue weighted by atomic mass is 15.2. The Balaban J connectivity index is 2.00. The van der Waals surface area contributed by atoms with Crippen LogP contribution in [0.1, 0.15) is 50.3 Å². The molecule has 2 nitrogen and oxygen atoms in total. The Morgan fingerprint density at radius 1 is 1.30 bits per heavy atom. The molecule has 2 heteroatoms. The van der Waals surface area contributed by atoms with E-state index in [-0.39, 0.29) is 0 Å². The van der Waals surface area contributed by atoms with E-state index in [4.69, 9.17) is 0 Å². The van der Waals surface area contributed by atoms with Crippen molar-refractivity contribution in [1.82, 2.24) is 10.2 Å². The SMILES string of the molecule is CCCN(CC1CCCNC1)C(C)c1ccc(C)cc1. The lowest BCUT2D eigenvalue weighted by molar-refractivity contribution is 0.163. The molecule has 0 amide bonds. The molecular formula is C18H30N2. The van der Waals surface area contributed by atoms with E-state index in [0.29, 0.717) is 6.04 Å². The molecule has 112 valence electrons. The molecule has 1 aliphatic rings. The van der Waals surface area contributed by atoms with Crippen LogP contribution in [0.15, 0.2) is 24.3 Å². The highest BCUT2D eigenvalue weighted by Gasteiger charge is 2.21. The summed E-state index contributed by atoms with van der Waals surface area (Å²) in [5.74, 6) is 0.822. The van der Waals surface area contributed by atoms with Crippen molar-refractivity contribution in [1.29, 1.82) is 0 Å². The molecule has 0 saturated carbocycles. The van der Waals surface area contributed by atoms with Gasteiger partial charge in [0.2, 0.25) is 0 Å². The molecule has 0 radical (unpaired) electrons. The predicted molar refractivity (Wildman–Crippen MR) is 87.1 cm³/mol. The molecule has 1 fully saturated rings. The van der Waals surface area contributed by atoms with Crippen molar-refractivity contribution in [2.24, 2.45) is 5.92 Å². The van der Waals surface area contributed by atoms with Gasteiger partial charge in [0.05, 0.1) is 0 Å². The molecule has 1 N–H and O–H groups in total. The molecular weight excluding hydrogens is 244 g/mol. The molecule has 0 aliphatic carbocycles. The van der Waals surface area contributed by atoms with Crippen LogP contribution in [0.2, 0.25) is 0 Å². The monoisotopic (exact) mass is 274 g/mol. The first kappa shape index (κ1) is 15.5. The summed E-state index contributed by atoms with van der Waals surface area (Å²) in [5.41, 5.74) is 2.80. The molecule has 1 aromatic carbocycles. The largest absolute Gasteiger partial charge is 0.316 e. The van der Waals surface area contributed by atoms with Crippen LogP contribution in [0.4, 0.5) is 0 Å². The maximum absolute atomic E-state index is 3.54. The first-order chi connectivity index (χ1) is 9.70. The van der Waals surface area contributed by atoms with E-state index in [1.54, 1.807) is 0 Å². The minimum atomic E-state index is 0.525. The van der Waals surface area contributed by atoms with E-state index in [1.807, 2.05) is 0 Å². The summed E-state index contributed by atoms with van der Waals surface area (Å²) in [6.45, 7) is 11.6. The van der Waals surface area contributed by atoms with E-state index in [0.717, 1.165) is 5.92 Å². The van der Waals surface area contributed by atoms with Gasteiger partial charge in [0.15, 0.2) is 0 Å². The highest BCUT2D eigenvalue weighted by molar-refractivity contribution is 5.23. The summed E-state index contributed by atoms with van der Waals surface area (Å²) in [4.78, 5) is 2.67. The van der Waals surface area contributed by atoms with Gasteiger partial charge in [0.1, 0.15) is 0 Å². The number of piperidine rings is 1. The zero-order chi connectivity index (χ0) is 14.4. The third-order valence-corrected chi connectivity index (χ3v) is 4.51. The average molecular weight is 274 g/mol. The van der Waals surface area contributed by atoms with Crippen LogP contribution < -0.4 is 5.32 Å². The zero-order valence-corrected chi connectivity index (χ0v) is 13.4. The molecule has 1 saturated heterocycles. The Kier molecular flexibility index (Phi) is 6.06. The molecule has 0 spiro atoms. The van der Waals surface area contributed by atoms with Gasteiger partial charge in [-0.25, -0.2) is 0 Å². The Bertz CT molecular complexity index is 379. The third-order valence-electron chi connectivity index (χ3n) is 4.51. The van der Waals surface area contributed by atoms with Crippen LogP contribution in [-0.2, 0) is 0 Å². The van der Waals surface area contributed by atoms with Crippen molar-refractivity contribution < 1.29 is 0 Å². The summed E-state index contributed by atoms with van der Waals surface area (Å²) >= 11 is 0. The Morgan fingerprint density at radius 3 is 2.65 bits per heavy atom. The van der Waals surface area contributed by atoms with E-state index >= 15 is 0 Å². The second-order valence-electron chi connectivity index (χ2n) is 6.29. The summed E-state index contributed by atoms with van der Waals surface area (Å²) in [6.07, 6.45) is 3.95. The van der Waals surface area contributed by atoms with Crippen LogP contribution in [0.5, 0.6) is 0 Å². The number of benzene rings is 1. The van der Waals surface area contributed by atoms with Crippen LogP contribution in [0, 0.1) is 12.8 Å². The van der Waals surface area contributed by atoms with Crippen molar-refractivity contribution >= 4 is 0 Å². The molecule has 1 aliphatic heterocycles. The fourth-order valence-corrected chi connectivity index (χ4v) is 3.20. The average Bonchev–Trinajstić information content (AvgIpc) is 2.48. The number of rotatable bonds is 6. The minimum absolute atomic E-state index is 0.525. The number of nitrogens with one attached hydrogen (secondary N) is 1. The smallest absolute Gasteiger partial charge is 0.0320 e. The first-order valence-corrected chi connectivity index (χ1v) is 8.22. The summed E-state index contributed by atoms with van der Waals surface area (Å²) in [6, 6.07) is 9.58. The van der Waals surface area contributed by atoms with Gasteiger partial charge in [0, 0.05) is 12.6 Å². The number of nitrogens with zero attached hydrogens (tertiary/aromatic N) is 1. The van der Waals surface area contributed by atoms with Crippen molar-refractivity contribution in [2.75, 3.05) is 26.2 Å². The van der Waals surface area contributed by atoms with Gasteiger partial charge in [-0.15, -0.1) is 0 Å². The van der Waals surface area contributed by atoms with E-state index in [9.17, 15) is 0 Å². The van der Waals surface area contributed by atoms with Crippen LogP contribution in [0.25, 0.3) is 0 Å².